The third kappa shape index (κ3) is 2.21. The number of rotatable bonds is 3. The van der Waals surface area contributed by atoms with Gasteiger partial charge in [-0.25, -0.2) is 4.79 Å². The molecule has 4 heteroatoms. The van der Waals surface area contributed by atoms with Crippen molar-refractivity contribution >= 4 is 11.9 Å². The SMILES string of the molecule is C=C(C)C(=O)OC1(C2CCOC2=O)CCCC1. The average Bonchev–Trinajstić information content (AvgIpc) is 2.87. The van der Waals surface area contributed by atoms with Gasteiger partial charge in [-0.15, -0.1) is 0 Å². The van der Waals surface area contributed by atoms with Crippen molar-refractivity contribution in [2.24, 2.45) is 5.92 Å². The Labute approximate surface area is 101 Å². The highest BCUT2D eigenvalue weighted by Crippen LogP contribution is 2.43. The molecule has 0 spiro atoms. The quantitative estimate of drug-likeness (QED) is 0.557. The lowest BCUT2D eigenvalue weighted by Crippen LogP contribution is -2.42. The first-order valence-electron chi connectivity index (χ1n) is 6.11. The Morgan fingerprint density at radius 1 is 1.47 bits per heavy atom. The summed E-state index contributed by atoms with van der Waals surface area (Å²) in [7, 11) is 0. The highest BCUT2D eigenvalue weighted by Gasteiger charge is 2.51. The number of carbonyl (C=O) groups is 2. The Bertz CT molecular complexity index is 352. The van der Waals surface area contributed by atoms with E-state index in [4.69, 9.17) is 9.47 Å². The largest absolute Gasteiger partial charge is 0.465 e. The van der Waals surface area contributed by atoms with Crippen molar-refractivity contribution in [2.75, 3.05) is 6.61 Å². The van der Waals surface area contributed by atoms with E-state index in [0.29, 0.717) is 18.6 Å². The van der Waals surface area contributed by atoms with Crippen LogP contribution in [-0.2, 0) is 19.1 Å². The third-order valence-corrected chi connectivity index (χ3v) is 3.66. The fraction of sp³-hybridized carbons (Fsp3) is 0.692. The molecule has 1 aliphatic carbocycles. The minimum absolute atomic E-state index is 0.221. The van der Waals surface area contributed by atoms with Crippen molar-refractivity contribution in [3.8, 4) is 0 Å². The summed E-state index contributed by atoms with van der Waals surface area (Å²) in [5, 5.41) is 0. The Kier molecular flexibility index (Phi) is 3.22. The van der Waals surface area contributed by atoms with Gasteiger partial charge in [0.15, 0.2) is 0 Å². The Morgan fingerprint density at radius 2 is 2.12 bits per heavy atom. The predicted octanol–water partition coefficient (Wildman–Crippen LogP) is 1.98. The van der Waals surface area contributed by atoms with E-state index in [0.717, 1.165) is 25.7 Å². The maximum atomic E-state index is 11.7. The molecule has 1 unspecified atom stereocenters. The van der Waals surface area contributed by atoms with Crippen molar-refractivity contribution in [3.05, 3.63) is 12.2 Å². The highest BCUT2D eigenvalue weighted by molar-refractivity contribution is 5.88. The van der Waals surface area contributed by atoms with Crippen molar-refractivity contribution < 1.29 is 19.1 Å². The van der Waals surface area contributed by atoms with Crippen LogP contribution in [0.5, 0.6) is 0 Å². The lowest BCUT2D eigenvalue weighted by molar-refractivity contribution is -0.166. The Hall–Kier alpha value is -1.32. The zero-order valence-corrected chi connectivity index (χ0v) is 10.2. The molecule has 2 aliphatic rings. The second kappa shape index (κ2) is 4.51. The first-order chi connectivity index (χ1) is 8.05. The topological polar surface area (TPSA) is 52.6 Å². The van der Waals surface area contributed by atoms with Crippen molar-refractivity contribution in [1.82, 2.24) is 0 Å². The summed E-state index contributed by atoms with van der Waals surface area (Å²) in [5.41, 5.74) is -0.258. The fourth-order valence-electron chi connectivity index (χ4n) is 2.74. The van der Waals surface area contributed by atoms with Crippen LogP contribution in [0.1, 0.15) is 39.0 Å². The van der Waals surface area contributed by atoms with E-state index < -0.39 is 11.6 Å². The molecule has 1 heterocycles. The number of hydrogen-bond donors (Lipinski definition) is 0. The number of carbonyl (C=O) groups excluding carboxylic acids is 2. The minimum atomic E-state index is -0.635. The van der Waals surface area contributed by atoms with Gasteiger partial charge in [-0.2, -0.15) is 0 Å². The lowest BCUT2D eigenvalue weighted by Gasteiger charge is -2.32. The standard InChI is InChI=1S/C13H18O4/c1-9(2)11(14)17-13(6-3-4-7-13)10-5-8-16-12(10)15/h10H,1,3-8H2,2H3. The zero-order chi connectivity index (χ0) is 12.5. The zero-order valence-electron chi connectivity index (χ0n) is 10.2. The maximum Gasteiger partial charge on any atom is 0.333 e. The molecule has 0 N–H and O–H groups in total. The molecule has 2 rings (SSSR count). The van der Waals surface area contributed by atoms with Crippen LogP contribution in [0.15, 0.2) is 12.2 Å². The van der Waals surface area contributed by atoms with Crippen LogP contribution in [0.2, 0.25) is 0 Å². The molecule has 1 saturated heterocycles. The number of ether oxygens (including phenoxy) is 2. The van der Waals surface area contributed by atoms with Gasteiger partial charge in [0, 0.05) is 5.57 Å². The van der Waals surface area contributed by atoms with Crippen LogP contribution in [0.25, 0.3) is 0 Å². The molecule has 1 saturated carbocycles. The lowest BCUT2D eigenvalue weighted by atomic mass is 9.84. The molecule has 2 fully saturated rings. The molecule has 0 radical (unpaired) electrons. The summed E-state index contributed by atoms with van der Waals surface area (Å²) in [5.74, 6) is -0.902. The van der Waals surface area contributed by atoms with Crippen LogP contribution in [0.3, 0.4) is 0 Å². The first kappa shape index (κ1) is 12.1. The average molecular weight is 238 g/mol. The molecule has 0 bridgehead atoms. The summed E-state index contributed by atoms with van der Waals surface area (Å²) >= 11 is 0. The van der Waals surface area contributed by atoms with Gasteiger partial charge in [-0.05, 0) is 39.0 Å². The number of hydrogen-bond acceptors (Lipinski definition) is 4. The van der Waals surface area contributed by atoms with Gasteiger partial charge in [-0.1, -0.05) is 6.58 Å². The first-order valence-corrected chi connectivity index (χ1v) is 6.11. The van der Waals surface area contributed by atoms with Gasteiger partial charge in [0.1, 0.15) is 5.60 Å². The van der Waals surface area contributed by atoms with E-state index in [9.17, 15) is 9.59 Å². The monoisotopic (exact) mass is 238 g/mol. The van der Waals surface area contributed by atoms with Crippen LogP contribution < -0.4 is 0 Å². The van der Waals surface area contributed by atoms with Crippen molar-refractivity contribution in [3.63, 3.8) is 0 Å². The van der Waals surface area contributed by atoms with E-state index in [1.54, 1.807) is 6.92 Å². The molecule has 0 amide bonds. The van der Waals surface area contributed by atoms with Gasteiger partial charge in [-0.3, -0.25) is 4.79 Å². The normalized spacial score (nSPS) is 26.6. The summed E-state index contributed by atoms with van der Waals surface area (Å²) in [4.78, 5) is 23.4. The van der Waals surface area contributed by atoms with Crippen LogP contribution in [0.4, 0.5) is 0 Å². The molecular weight excluding hydrogens is 220 g/mol. The van der Waals surface area contributed by atoms with Crippen molar-refractivity contribution in [2.45, 2.75) is 44.6 Å². The van der Waals surface area contributed by atoms with Gasteiger partial charge < -0.3 is 9.47 Å². The molecule has 0 aromatic carbocycles. The third-order valence-electron chi connectivity index (χ3n) is 3.66. The van der Waals surface area contributed by atoms with Gasteiger partial charge in [0.2, 0.25) is 0 Å². The minimum Gasteiger partial charge on any atom is -0.465 e. The Morgan fingerprint density at radius 3 is 2.59 bits per heavy atom. The maximum absolute atomic E-state index is 11.7. The van der Waals surface area contributed by atoms with Gasteiger partial charge in [0.25, 0.3) is 0 Å². The van der Waals surface area contributed by atoms with E-state index in [1.165, 1.54) is 0 Å². The van der Waals surface area contributed by atoms with Crippen LogP contribution in [-0.4, -0.2) is 24.1 Å². The fourth-order valence-corrected chi connectivity index (χ4v) is 2.74. The molecular formula is C13H18O4. The van der Waals surface area contributed by atoms with E-state index in [2.05, 4.69) is 6.58 Å². The summed E-state index contributed by atoms with van der Waals surface area (Å²) in [6.45, 7) is 5.65. The molecule has 1 aliphatic heterocycles. The molecule has 1 atom stereocenters. The number of cyclic esters (lactones) is 1. The smallest absolute Gasteiger partial charge is 0.333 e. The van der Waals surface area contributed by atoms with E-state index in [1.807, 2.05) is 0 Å². The molecule has 0 aromatic rings. The van der Waals surface area contributed by atoms with Gasteiger partial charge >= 0.3 is 11.9 Å². The second-order valence-electron chi connectivity index (χ2n) is 4.95. The molecule has 17 heavy (non-hydrogen) atoms. The summed E-state index contributed by atoms with van der Waals surface area (Å²) in [6.07, 6.45) is 4.15. The molecule has 94 valence electrons. The number of esters is 2. The summed E-state index contributed by atoms with van der Waals surface area (Å²) in [6, 6.07) is 0. The predicted molar refractivity (Wildman–Crippen MR) is 61.2 cm³/mol. The highest BCUT2D eigenvalue weighted by atomic mass is 16.6. The summed E-state index contributed by atoms with van der Waals surface area (Å²) < 4.78 is 10.6. The second-order valence-corrected chi connectivity index (χ2v) is 4.95. The van der Waals surface area contributed by atoms with E-state index in [-0.39, 0.29) is 11.9 Å². The van der Waals surface area contributed by atoms with Crippen molar-refractivity contribution in [1.29, 1.82) is 0 Å². The van der Waals surface area contributed by atoms with E-state index >= 15 is 0 Å². The Balaban J connectivity index is 2.17. The van der Waals surface area contributed by atoms with Gasteiger partial charge in [0.05, 0.1) is 12.5 Å². The molecule has 4 nitrogen and oxygen atoms in total. The molecule has 0 aromatic heterocycles. The van der Waals surface area contributed by atoms with Crippen LogP contribution in [0, 0.1) is 5.92 Å². The van der Waals surface area contributed by atoms with Crippen LogP contribution >= 0.6 is 0 Å².